The van der Waals surface area contributed by atoms with Crippen molar-refractivity contribution in [3.63, 3.8) is 0 Å². The highest BCUT2D eigenvalue weighted by Gasteiger charge is 2.42. The molecule has 1 heterocycles. The number of amides is 1. The third-order valence-corrected chi connectivity index (χ3v) is 7.91. The number of hydrogen-bond acceptors (Lipinski definition) is 6. The summed E-state index contributed by atoms with van der Waals surface area (Å²) < 4.78 is 42.4. The van der Waals surface area contributed by atoms with Gasteiger partial charge in [-0.2, -0.15) is 9.97 Å². The number of benzene rings is 2. The summed E-state index contributed by atoms with van der Waals surface area (Å²) >= 11 is 0. The Labute approximate surface area is 225 Å². The molecule has 206 valence electrons. The Morgan fingerprint density at radius 2 is 1.74 bits per heavy atom. The summed E-state index contributed by atoms with van der Waals surface area (Å²) in [4.78, 5) is 27.1. The van der Waals surface area contributed by atoms with Crippen molar-refractivity contribution in [2.24, 2.45) is 17.8 Å². The van der Waals surface area contributed by atoms with Crippen LogP contribution in [0.25, 0.3) is 11.4 Å². The third-order valence-electron chi connectivity index (χ3n) is 7.91. The molecule has 2 fully saturated rings. The van der Waals surface area contributed by atoms with E-state index in [2.05, 4.69) is 20.4 Å². The summed E-state index contributed by atoms with van der Waals surface area (Å²) in [5.41, 5.74) is 1.23. The Kier molecular flexibility index (Phi) is 7.99. The molecule has 4 atom stereocenters. The molecule has 2 aromatic carbocycles. The molecule has 1 aromatic heterocycles. The molecule has 2 aliphatic carbocycles. The van der Waals surface area contributed by atoms with Crippen LogP contribution in [0.1, 0.15) is 55.8 Å². The molecule has 3 aromatic rings. The third kappa shape index (κ3) is 6.49. The molecule has 7 nitrogen and oxygen atoms in total. The van der Waals surface area contributed by atoms with Crippen LogP contribution in [0.15, 0.2) is 54.6 Å². The van der Waals surface area contributed by atoms with Gasteiger partial charge in [0.2, 0.25) is 11.9 Å². The van der Waals surface area contributed by atoms with E-state index in [-0.39, 0.29) is 30.0 Å². The van der Waals surface area contributed by atoms with Crippen LogP contribution in [0.5, 0.6) is 5.75 Å². The Morgan fingerprint density at radius 3 is 2.46 bits per heavy atom. The first-order chi connectivity index (χ1) is 18.8. The normalized spacial score (nSPS) is 23.0. The van der Waals surface area contributed by atoms with Crippen LogP contribution >= 0.6 is 0 Å². The van der Waals surface area contributed by atoms with Gasteiger partial charge in [0.1, 0.15) is 11.6 Å². The molecule has 0 spiro atoms. The van der Waals surface area contributed by atoms with Crippen molar-refractivity contribution in [2.45, 2.75) is 57.3 Å². The van der Waals surface area contributed by atoms with Crippen LogP contribution in [-0.2, 0) is 11.3 Å². The molecule has 2 aliphatic rings. The zero-order valence-corrected chi connectivity index (χ0v) is 21.7. The van der Waals surface area contributed by atoms with Gasteiger partial charge < -0.3 is 15.4 Å². The predicted molar refractivity (Wildman–Crippen MR) is 141 cm³/mol. The molecular weight excluding hydrogens is 507 g/mol. The number of carbonyl (C=O) groups excluding carboxylic acids is 1. The molecule has 2 N–H and O–H groups in total. The first-order valence-corrected chi connectivity index (χ1v) is 13.4. The van der Waals surface area contributed by atoms with Gasteiger partial charge in [0.25, 0.3) is 0 Å². The van der Waals surface area contributed by atoms with Crippen LogP contribution in [0.4, 0.5) is 19.1 Å². The maximum Gasteiger partial charge on any atom is 0.573 e. The number of hydrogen-bond donors (Lipinski definition) is 2. The first-order valence-electron chi connectivity index (χ1n) is 13.4. The minimum absolute atomic E-state index is 0.0157. The first kappa shape index (κ1) is 26.9. The number of halogens is 3. The largest absolute Gasteiger partial charge is 0.573 e. The van der Waals surface area contributed by atoms with Gasteiger partial charge in [-0.1, -0.05) is 61.4 Å². The summed E-state index contributed by atoms with van der Waals surface area (Å²) in [7, 11) is 1.80. The van der Waals surface area contributed by atoms with Crippen molar-refractivity contribution >= 4 is 11.9 Å². The van der Waals surface area contributed by atoms with Crippen molar-refractivity contribution < 1.29 is 22.7 Å². The van der Waals surface area contributed by atoms with Gasteiger partial charge in [-0.3, -0.25) is 4.79 Å². The average Bonchev–Trinajstić information content (AvgIpc) is 2.91. The van der Waals surface area contributed by atoms with E-state index in [9.17, 15) is 18.0 Å². The molecule has 0 radical (unpaired) electrons. The second kappa shape index (κ2) is 11.6. The van der Waals surface area contributed by atoms with Gasteiger partial charge in [0.05, 0.1) is 0 Å². The van der Waals surface area contributed by atoms with Crippen molar-refractivity contribution in [3.05, 3.63) is 66.0 Å². The second-order valence-electron chi connectivity index (χ2n) is 10.3. The molecule has 5 rings (SSSR count). The molecule has 2 saturated carbocycles. The van der Waals surface area contributed by atoms with E-state index in [0.717, 1.165) is 49.9 Å². The van der Waals surface area contributed by atoms with Crippen LogP contribution < -0.4 is 15.4 Å². The van der Waals surface area contributed by atoms with Crippen LogP contribution in [-0.4, -0.2) is 34.3 Å². The van der Waals surface area contributed by atoms with Crippen molar-refractivity contribution in [2.75, 3.05) is 12.4 Å². The van der Waals surface area contributed by atoms with Gasteiger partial charge in [0, 0.05) is 36.6 Å². The summed E-state index contributed by atoms with van der Waals surface area (Å²) in [5.74, 6) is 2.34. The Hall–Kier alpha value is -3.69. The molecule has 0 saturated heterocycles. The fourth-order valence-electron chi connectivity index (χ4n) is 5.85. The lowest BCUT2D eigenvalue weighted by molar-refractivity contribution is -0.274. The minimum Gasteiger partial charge on any atom is -0.405 e. The fourth-order valence-corrected chi connectivity index (χ4v) is 5.85. The molecule has 2 unspecified atom stereocenters. The SMILES string of the molecule is CNc1nc(-c2ccccc2)nc(C2CCC2[C@@H]2CCC[C@H](C(=O)NCc3ccccc3OC(F)(F)F)C2)n1. The van der Waals surface area contributed by atoms with E-state index >= 15 is 0 Å². The Bertz CT molecular complexity index is 1290. The zero-order valence-electron chi connectivity index (χ0n) is 21.7. The number of ether oxygens (including phenoxy) is 1. The highest BCUT2D eigenvalue weighted by atomic mass is 19.4. The fraction of sp³-hybridized carbons (Fsp3) is 0.448. The maximum absolute atomic E-state index is 13.1. The van der Waals surface area contributed by atoms with Gasteiger partial charge in [0.15, 0.2) is 5.82 Å². The lowest BCUT2D eigenvalue weighted by Crippen LogP contribution is -2.39. The van der Waals surface area contributed by atoms with Crippen molar-refractivity contribution in [1.29, 1.82) is 0 Å². The van der Waals surface area contributed by atoms with Gasteiger partial charge in [-0.25, -0.2) is 4.98 Å². The van der Waals surface area contributed by atoms with E-state index in [0.29, 0.717) is 29.2 Å². The Balaban J connectivity index is 1.24. The van der Waals surface area contributed by atoms with Crippen molar-refractivity contribution in [1.82, 2.24) is 20.3 Å². The summed E-state index contributed by atoms with van der Waals surface area (Å²) in [6.07, 6.45) is 0.779. The predicted octanol–water partition coefficient (Wildman–Crippen LogP) is 6.10. The number of nitrogens with one attached hydrogen (secondary N) is 2. The number of rotatable bonds is 8. The van der Waals surface area contributed by atoms with Crippen LogP contribution in [0.2, 0.25) is 0 Å². The quantitative estimate of drug-likeness (QED) is 0.360. The molecule has 0 aliphatic heterocycles. The van der Waals surface area contributed by atoms with Gasteiger partial charge in [-0.05, 0) is 43.6 Å². The monoisotopic (exact) mass is 539 g/mol. The zero-order chi connectivity index (χ0) is 27.4. The van der Waals surface area contributed by atoms with Crippen molar-refractivity contribution in [3.8, 4) is 17.1 Å². The molecule has 39 heavy (non-hydrogen) atoms. The van der Waals surface area contributed by atoms with Gasteiger partial charge >= 0.3 is 6.36 Å². The van der Waals surface area contributed by atoms with E-state index in [1.54, 1.807) is 13.1 Å². The van der Waals surface area contributed by atoms with E-state index < -0.39 is 6.36 Å². The van der Waals surface area contributed by atoms with E-state index in [1.807, 2.05) is 30.3 Å². The summed E-state index contributed by atoms with van der Waals surface area (Å²) in [6.45, 7) is -0.0157. The molecule has 10 heteroatoms. The number of para-hydroxylation sites is 1. The van der Waals surface area contributed by atoms with E-state index in [1.165, 1.54) is 18.2 Å². The lowest BCUT2D eigenvalue weighted by atomic mass is 9.61. The van der Waals surface area contributed by atoms with Crippen LogP contribution in [0, 0.1) is 17.8 Å². The number of anilines is 1. The lowest BCUT2D eigenvalue weighted by Gasteiger charge is -2.44. The maximum atomic E-state index is 13.1. The summed E-state index contributed by atoms with van der Waals surface area (Å²) in [5, 5.41) is 5.90. The second-order valence-corrected chi connectivity index (χ2v) is 10.3. The van der Waals surface area contributed by atoms with Crippen LogP contribution in [0.3, 0.4) is 0 Å². The Morgan fingerprint density at radius 1 is 0.974 bits per heavy atom. The molecule has 0 bridgehead atoms. The standard InChI is InChI=1S/C29H32F3N5O2/c1-33-28-36-25(18-8-3-2-4-9-18)35-26(37-28)23-15-14-22(23)19-11-7-12-20(16-19)27(38)34-17-21-10-5-6-13-24(21)39-29(30,31)32/h2-6,8-10,13,19-20,22-23H,7,11-12,14-17H2,1H3,(H,34,38)(H,33,35,36,37)/t19-,20+,22?,23?/m1/s1. The minimum atomic E-state index is -4.79. The number of alkyl halides is 3. The number of aromatic nitrogens is 3. The smallest absolute Gasteiger partial charge is 0.405 e. The van der Waals surface area contributed by atoms with Gasteiger partial charge in [-0.15, -0.1) is 13.2 Å². The number of nitrogens with zero attached hydrogens (tertiary/aromatic N) is 3. The number of carbonyl (C=O) groups is 1. The summed E-state index contributed by atoms with van der Waals surface area (Å²) in [6, 6.07) is 15.7. The molecular formula is C29H32F3N5O2. The highest BCUT2D eigenvalue weighted by Crippen LogP contribution is 2.50. The average molecular weight is 540 g/mol. The van der Waals surface area contributed by atoms with E-state index in [4.69, 9.17) is 9.97 Å². The highest BCUT2D eigenvalue weighted by molar-refractivity contribution is 5.78. The topological polar surface area (TPSA) is 89.0 Å². The molecule has 1 amide bonds.